The molecule has 0 spiro atoms. The van der Waals surface area contributed by atoms with E-state index in [0.717, 1.165) is 37.5 Å². The number of nitrogens with zero attached hydrogens (tertiary/aromatic N) is 1. The Morgan fingerprint density at radius 2 is 1.80 bits per heavy atom. The minimum atomic E-state index is 0.280. The molecule has 1 atom stereocenters. The summed E-state index contributed by atoms with van der Waals surface area (Å²) in [5, 5.41) is 0. The first-order valence-electron chi connectivity index (χ1n) is 7.08. The zero-order valence-corrected chi connectivity index (χ0v) is 11.5. The summed E-state index contributed by atoms with van der Waals surface area (Å²) in [7, 11) is 0. The number of hydrogen-bond acceptors (Lipinski definition) is 3. The fourth-order valence-electron chi connectivity index (χ4n) is 2.62. The highest BCUT2D eigenvalue weighted by Crippen LogP contribution is 2.20. The van der Waals surface area contributed by atoms with Gasteiger partial charge >= 0.3 is 0 Å². The molecule has 104 valence electrons. The maximum atomic E-state index is 6.00. The third kappa shape index (κ3) is 3.31. The molecule has 0 amide bonds. The monoisotopic (exact) mass is 268 g/mol. The lowest BCUT2D eigenvalue weighted by atomic mass is 10.2. The molecule has 2 N–H and O–H groups in total. The van der Waals surface area contributed by atoms with Gasteiger partial charge in [-0.2, -0.15) is 0 Å². The van der Waals surface area contributed by atoms with Crippen LogP contribution in [0.4, 0.5) is 5.69 Å². The van der Waals surface area contributed by atoms with E-state index in [0.29, 0.717) is 0 Å². The number of nitrogen functional groups attached to an aromatic ring is 1. The van der Waals surface area contributed by atoms with Crippen LogP contribution in [-0.2, 0) is 6.54 Å². The van der Waals surface area contributed by atoms with Crippen LogP contribution in [-0.4, -0.2) is 24.1 Å². The van der Waals surface area contributed by atoms with Gasteiger partial charge in [-0.1, -0.05) is 30.3 Å². The van der Waals surface area contributed by atoms with Gasteiger partial charge in [0, 0.05) is 25.3 Å². The van der Waals surface area contributed by atoms with E-state index in [4.69, 9.17) is 10.5 Å². The van der Waals surface area contributed by atoms with Gasteiger partial charge in [0.25, 0.3) is 0 Å². The van der Waals surface area contributed by atoms with Crippen molar-refractivity contribution in [3.05, 3.63) is 60.2 Å². The molecule has 2 aromatic rings. The number of likely N-dealkylation sites (tertiary alicyclic amines) is 1. The van der Waals surface area contributed by atoms with Crippen LogP contribution in [0.3, 0.4) is 0 Å². The number of hydrogen-bond donors (Lipinski definition) is 1. The number of benzene rings is 2. The molecule has 0 radical (unpaired) electrons. The Balaban J connectivity index is 1.53. The molecule has 0 saturated carbocycles. The predicted molar refractivity (Wildman–Crippen MR) is 81.6 cm³/mol. The Hall–Kier alpha value is -2.00. The summed E-state index contributed by atoms with van der Waals surface area (Å²) in [5.74, 6) is 0.908. The molecule has 1 heterocycles. The Kier molecular flexibility index (Phi) is 3.88. The second kappa shape index (κ2) is 5.97. The standard InChI is InChI=1S/C17H20N2O/c18-15-6-8-16(9-7-15)20-17-10-11-19(13-17)12-14-4-2-1-3-5-14/h1-9,17H,10-13,18H2. The van der Waals surface area contributed by atoms with Crippen molar-refractivity contribution in [2.45, 2.75) is 19.1 Å². The van der Waals surface area contributed by atoms with Crippen LogP contribution >= 0.6 is 0 Å². The molecular formula is C17H20N2O. The molecule has 3 heteroatoms. The van der Waals surface area contributed by atoms with Crippen LogP contribution in [0, 0.1) is 0 Å². The maximum absolute atomic E-state index is 6.00. The maximum Gasteiger partial charge on any atom is 0.119 e. The second-order valence-electron chi connectivity index (χ2n) is 5.32. The van der Waals surface area contributed by atoms with Crippen LogP contribution in [0.1, 0.15) is 12.0 Å². The Bertz CT molecular complexity index is 539. The van der Waals surface area contributed by atoms with Crippen molar-refractivity contribution in [3.8, 4) is 5.75 Å². The molecule has 0 bridgehead atoms. The summed E-state index contributed by atoms with van der Waals surface area (Å²) in [6.07, 6.45) is 1.36. The van der Waals surface area contributed by atoms with Crippen molar-refractivity contribution in [1.29, 1.82) is 0 Å². The SMILES string of the molecule is Nc1ccc(OC2CCN(Cc3ccccc3)C2)cc1. The van der Waals surface area contributed by atoms with E-state index in [9.17, 15) is 0 Å². The summed E-state index contributed by atoms with van der Waals surface area (Å²) < 4.78 is 6.00. The smallest absolute Gasteiger partial charge is 0.119 e. The molecule has 3 nitrogen and oxygen atoms in total. The first-order valence-corrected chi connectivity index (χ1v) is 7.08. The van der Waals surface area contributed by atoms with E-state index >= 15 is 0 Å². The van der Waals surface area contributed by atoms with E-state index in [1.807, 2.05) is 24.3 Å². The van der Waals surface area contributed by atoms with Crippen molar-refractivity contribution in [2.75, 3.05) is 18.8 Å². The molecule has 1 saturated heterocycles. The van der Waals surface area contributed by atoms with E-state index < -0.39 is 0 Å². The zero-order valence-electron chi connectivity index (χ0n) is 11.5. The Morgan fingerprint density at radius 3 is 2.55 bits per heavy atom. The molecule has 1 unspecified atom stereocenters. The quantitative estimate of drug-likeness (QED) is 0.866. The summed E-state index contributed by atoms with van der Waals surface area (Å²) in [6.45, 7) is 3.08. The highest BCUT2D eigenvalue weighted by molar-refractivity contribution is 5.41. The lowest BCUT2D eigenvalue weighted by molar-refractivity contribution is 0.198. The van der Waals surface area contributed by atoms with Crippen molar-refractivity contribution < 1.29 is 4.74 Å². The van der Waals surface area contributed by atoms with Gasteiger partial charge in [0.2, 0.25) is 0 Å². The molecule has 2 aromatic carbocycles. The average Bonchev–Trinajstić information content (AvgIpc) is 2.90. The van der Waals surface area contributed by atoms with E-state index in [2.05, 4.69) is 35.2 Å². The molecule has 0 aliphatic carbocycles. The predicted octanol–water partition coefficient (Wildman–Crippen LogP) is 2.92. The fourth-order valence-corrected chi connectivity index (χ4v) is 2.62. The first-order chi connectivity index (χ1) is 9.79. The minimum absolute atomic E-state index is 0.280. The third-order valence-electron chi connectivity index (χ3n) is 3.66. The van der Waals surface area contributed by atoms with Gasteiger partial charge in [0.1, 0.15) is 11.9 Å². The molecular weight excluding hydrogens is 248 g/mol. The van der Waals surface area contributed by atoms with Crippen LogP contribution in [0.25, 0.3) is 0 Å². The first kappa shape index (κ1) is 13.0. The van der Waals surface area contributed by atoms with E-state index in [1.54, 1.807) is 0 Å². The zero-order chi connectivity index (χ0) is 13.8. The Morgan fingerprint density at radius 1 is 1.05 bits per heavy atom. The molecule has 1 aliphatic heterocycles. The van der Waals surface area contributed by atoms with Crippen molar-refractivity contribution >= 4 is 5.69 Å². The number of rotatable bonds is 4. The molecule has 0 aromatic heterocycles. The van der Waals surface area contributed by atoms with Gasteiger partial charge in [-0.25, -0.2) is 0 Å². The number of ether oxygens (including phenoxy) is 1. The largest absolute Gasteiger partial charge is 0.489 e. The van der Waals surface area contributed by atoms with Gasteiger partial charge in [-0.3, -0.25) is 4.90 Å². The normalized spacial score (nSPS) is 19.1. The number of anilines is 1. The fraction of sp³-hybridized carbons (Fsp3) is 0.294. The molecule has 1 fully saturated rings. The topological polar surface area (TPSA) is 38.5 Å². The van der Waals surface area contributed by atoms with Crippen LogP contribution in [0.2, 0.25) is 0 Å². The average molecular weight is 268 g/mol. The summed E-state index contributed by atoms with van der Waals surface area (Å²) in [5.41, 5.74) is 7.81. The number of nitrogens with two attached hydrogens (primary N) is 1. The van der Waals surface area contributed by atoms with Gasteiger partial charge in [-0.15, -0.1) is 0 Å². The van der Waals surface area contributed by atoms with Crippen molar-refractivity contribution in [1.82, 2.24) is 4.90 Å². The summed E-state index contributed by atoms with van der Waals surface area (Å²) in [6, 6.07) is 18.2. The second-order valence-corrected chi connectivity index (χ2v) is 5.32. The third-order valence-corrected chi connectivity index (χ3v) is 3.66. The molecule has 1 aliphatic rings. The minimum Gasteiger partial charge on any atom is -0.489 e. The molecule has 3 rings (SSSR count). The summed E-state index contributed by atoms with van der Waals surface area (Å²) in [4.78, 5) is 2.44. The van der Waals surface area contributed by atoms with Crippen LogP contribution in [0.5, 0.6) is 5.75 Å². The van der Waals surface area contributed by atoms with Crippen molar-refractivity contribution in [3.63, 3.8) is 0 Å². The van der Waals surface area contributed by atoms with E-state index in [-0.39, 0.29) is 6.10 Å². The van der Waals surface area contributed by atoms with Gasteiger partial charge in [-0.05, 0) is 36.2 Å². The van der Waals surface area contributed by atoms with Crippen LogP contribution < -0.4 is 10.5 Å². The lowest BCUT2D eigenvalue weighted by Gasteiger charge is -2.17. The van der Waals surface area contributed by atoms with Gasteiger partial charge in [0.05, 0.1) is 0 Å². The highest BCUT2D eigenvalue weighted by atomic mass is 16.5. The lowest BCUT2D eigenvalue weighted by Crippen LogP contribution is -2.24. The Labute approximate surface area is 120 Å². The van der Waals surface area contributed by atoms with Gasteiger partial charge in [0.15, 0.2) is 0 Å². The highest BCUT2D eigenvalue weighted by Gasteiger charge is 2.23. The molecule has 20 heavy (non-hydrogen) atoms. The van der Waals surface area contributed by atoms with E-state index in [1.165, 1.54) is 5.56 Å². The van der Waals surface area contributed by atoms with Gasteiger partial charge < -0.3 is 10.5 Å². The van der Waals surface area contributed by atoms with Crippen LogP contribution in [0.15, 0.2) is 54.6 Å². The van der Waals surface area contributed by atoms with Crippen molar-refractivity contribution in [2.24, 2.45) is 0 Å². The summed E-state index contributed by atoms with van der Waals surface area (Å²) >= 11 is 0.